The van der Waals surface area contributed by atoms with Crippen molar-refractivity contribution < 1.29 is 14.3 Å². The first-order valence-corrected chi connectivity index (χ1v) is 8.80. The summed E-state index contributed by atoms with van der Waals surface area (Å²) in [6.45, 7) is 8.90. The van der Waals surface area contributed by atoms with Crippen LogP contribution in [0.25, 0.3) is 0 Å². The standard InChI is InChI=1S/C20H28N2O3/c1-4-12-21(3)13-6-7-15-25-18-10-11-19-17(16-18)9-8-14-22(19)20(23)24-5-2/h4,6-7,10-11,16H,1,5,8-9,12-15H2,2-3H3/b7-6+. The van der Waals surface area contributed by atoms with Gasteiger partial charge in [0.25, 0.3) is 0 Å². The van der Waals surface area contributed by atoms with Crippen molar-refractivity contribution in [1.82, 2.24) is 4.90 Å². The van der Waals surface area contributed by atoms with Gasteiger partial charge < -0.3 is 9.47 Å². The van der Waals surface area contributed by atoms with Crippen molar-refractivity contribution in [2.24, 2.45) is 0 Å². The van der Waals surface area contributed by atoms with Crippen molar-refractivity contribution in [1.29, 1.82) is 0 Å². The second kappa shape index (κ2) is 9.89. The molecule has 0 saturated carbocycles. The summed E-state index contributed by atoms with van der Waals surface area (Å²) in [6, 6.07) is 5.88. The van der Waals surface area contributed by atoms with Crippen molar-refractivity contribution in [3.63, 3.8) is 0 Å². The van der Waals surface area contributed by atoms with Gasteiger partial charge in [-0.05, 0) is 50.6 Å². The lowest BCUT2D eigenvalue weighted by Crippen LogP contribution is -2.35. The van der Waals surface area contributed by atoms with Crippen LogP contribution in [0.3, 0.4) is 0 Å². The van der Waals surface area contributed by atoms with Crippen LogP contribution in [-0.2, 0) is 11.2 Å². The molecule has 5 heteroatoms. The molecule has 1 aromatic rings. The molecule has 1 aliphatic heterocycles. The number of nitrogens with zero attached hydrogens (tertiary/aromatic N) is 2. The smallest absolute Gasteiger partial charge is 0.414 e. The Balaban J connectivity index is 1.91. The maximum absolute atomic E-state index is 12.0. The molecule has 0 aromatic heterocycles. The minimum Gasteiger partial charge on any atom is -0.490 e. The molecule has 25 heavy (non-hydrogen) atoms. The van der Waals surface area contributed by atoms with E-state index in [1.165, 1.54) is 0 Å². The molecule has 1 aromatic carbocycles. The molecule has 1 aliphatic rings. The van der Waals surface area contributed by atoms with Crippen LogP contribution >= 0.6 is 0 Å². The zero-order valence-electron chi connectivity index (χ0n) is 15.2. The molecule has 136 valence electrons. The van der Waals surface area contributed by atoms with Crippen LogP contribution in [0, 0.1) is 0 Å². The molecular weight excluding hydrogens is 316 g/mol. The third kappa shape index (κ3) is 5.64. The minimum atomic E-state index is -0.274. The highest BCUT2D eigenvalue weighted by Crippen LogP contribution is 2.31. The molecule has 0 atom stereocenters. The molecule has 1 heterocycles. The fourth-order valence-electron chi connectivity index (χ4n) is 2.82. The van der Waals surface area contributed by atoms with Crippen molar-refractivity contribution in [3.8, 4) is 5.75 Å². The van der Waals surface area contributed by atoms with Crippen LogP contribution in [0.1, 0.15) is 18.9 Å². The number of carbonyl (C=O) groups is 1. The zero-order chi connectivity index (χ0) is 18.1. The number of carbonyl (C=O) groups excluding carboxylic acids is 1. The molecule has 2 rings (SSSR count). The van der Waals surface area contributed by atoms with Gasteiger partial charge in [-0.15, -0.1) is 6.58 Å². The van der Waals surface area contributed by atoms with E-state index in [-0.39, 0.29) is 6.09 Å². The summed E-state index contributed by atoms with van der Waals surface area (Å²) in [5, 5.41) is 0. The molecule has 0 fully saturated rings. The van der Waals surface area contributed by atoms with Gasteiger partial charge in [0.1, 0.15) is 12.4 Å². The topological polar surface area (TPSA) is 42.0 Å². The Morgan fingerprint density at radius 2 is 2.20 bits per heavy atom. The fraction of sp³-hybridized carbons (Fsp3) is 0.450. The van der Waals surface area contributed by atoms with Crippen LogP contribution < -0.4 is 9.64 Å². The van der Waals surface area contributed by atoms with Gasteiger partial charge >= 0.3 is 6.09 Å². The maximum atomic E-state index is 12.0. The molecule has 0 unspecified atom stereocenters. The first kappa shape index (κ1) is 19.1. The van der Waals surface area contributed by atoms with Crippen molar-refractivity contribution in [2.45, 2.75) is 19.8 Å². The quantitative estimate of drug-likeness (QED) is 0.675. The largest absolute Gasteiger partial charge is 0.490 e. The summed E-state index contributed by atoms with van der Waals surface area (Å²) in [7, 11) is 2.05. The third-order valence-corrected chi connectivity index (χ3v) is 4.03. The SMILES string of the molecule is C=CCN(C)C/C=C/COc1ccc2c(c1)CCCN2C(=O)OCC. The first-order valence-electron chi connectivity index (χ1n) is 8.80. The van der Waals surface area contributed by atoms with Gasteiger partial charge in [0.15, 0.2) is 0 Å². The molecule has 0 N–H and O–H groups in total. The van der Waals surface area contributed by atoms with Crippen LogP contribution in [-0.4, -0.2) is 50.9 Å². The van der Waals surface area contributed by atoms with Crippen LogP contribution in [0.5, 0.6) is 5.75 Å². The van der Waals surface area contributed by atoms with Crippen LogP contribution in [0.15, 0.2) is 43.0 Å². The molecule has 0 saturated heterocycles. The van der Waals surface area contributed by atoms with Gasteiger partial charge in [-0.3, -0.25) is 9.80 Å². The van der Waals surface area contributed by atoms with E-state index in [2.05, 4.69) is 17.6 Å². The summed E-state index contributed by atoms with van der Waals surface area (Å²) in [4.78, 5) is 15.9. The monoisotopic (exact) mass is 344 g/mol. The highest BCUT2D eigenvalue weighted by molar-refractivity contribution is 5.89. The van der Waals surface area contributed by atoms with E-state index in [1.807, 2.05) is 44.3 Å². The van der Waals surface area contributed by atoms with Crippen molar-refractivity contribution in [3.05, 3.63) is 48.6 Å². The average molecular weight is 344 g/mol. The minimum absolute atomic E-state index is 0.274. The Bertz CT molecular complexity index is 613. The fourth-order valence-corrected chi connectivity index (χ4v) is 2.82. The molecule has 0 bridgehead atoms. The van der Waals surface area contributed by atoms with E-state index in [4.69, 9.17) is 9.47 Å². The number of amides is 1. The predicted octanol–water partition coefficient (Wildman–Crippen LogP) is 3.65. The van der Waals surface area contributed by atoms with Gasteiger partial charge in [0.2, 0.25) is 0 Å². The van der Waals surface area contributed by atoms with E-state index in [0.29, 0.717) is 19.8 Å². The second-order valence-electron chi connectivity index (χ2n) is 6.04. The normalized spacial score (nSPS) is 13.8. The Hall–Kier alpha value is -2.27. The Morgan fingerprint density at radius 1 is 1.36 bits per heavy atom. The van der Waals surface area contributed by atoms with E-state index < -0.39 is 0 Å². The number of aryl methyl sites for hydroxylation is 1. The van der Waals surface area contributed by atoms with Gasteiger partial charge in [-0.1, -0.05) is 18.2 Å². The summed E-state index contributed by atoms with van der Waals surface area (Å²) < 4.78 is 10.9. The van der Waals surface area contributed by atoms with Crippen LogP contribution in [0.2, 0.25) is 0 Å². The number of hydrogen-bond donors (Lipinski definition) is 0. The molecule has 0 aliphatic carbocycles. The van der Waals surface area contributed by atoms with Gasteiger partial charge in [0.05, 0.1) is 12.3 Å². The van der Waals surface area contributed by atoms with Crippen LogP contribution in [0.4, 0.5) is 10.5 Å². The maximum Gasteiger partial charge on any atom is 0.414 e. The number of rotatable bonds is 8. The Kier molecular flexibility index (Phi) is 7.54. The molecular formula is C20H28N2O3. The lowest BCUT2D eigenvalue weighted by molar-refractivity contribution is 0.159. The molecule has 0 spiro atoms. The summed E-state index contributed by atoms with van der Waals surface area (Å²) in [6.07, 6.45) is 7.60. The summed E-state index contributed by atoms with van der Waals surface area (Å²) in [5.41, 5.74) is 2.06. The summed E-state index contributed by atoms with van der Waals surface area (Å²) in [5.74, 6) is 0.827. The van der Waals surface area contributed by atoms with Gasteiger partial charge in [-0.25, -0.2) is 4.79 Å². The zero-order valence-corrected chi connectivity index (χ0v) is 15.2. The lowest BCUT2D eigenvalue weighted by Gasteiger charge is -2.28. The number of ether oxygens (including phenoxy) is 2. The predicted molar refractivity (Wildman–Crippen MR) is 101 cm³/mol. The molecule has 1 amide bonds. The lowest BCUT2D eigenvalue weighted by atomic mass is 10.0. The van der Waals surface area contributed by atoms with Gasteiger partial charge in [0, 0.05) is 19.6 Å². The number of likely N-dealkylation sites (N-methyl/N-ethyl adjacent to an activating group) is 1. The number of benzene rings is 1. The van der Waals surface area contributed by atoms with Crippen molar-refractivity contribution in [2.75, 3.05) is 44.8 Å². The van der Waals surface area contributed by atoms with Crippen molar-refractivity contribution >= 4 is 11.8 Å². The third-order valence-electron chi connectivity index (χ3n) is 4.03. The Morgan fingerprint density at radius 3 is 2.96 bits per heavy atom. The average Bonchev–Trinajstić information content (AvgIpc) is 2.61. The highest BCUT2D eigenvalue weighted by atomic mass is 16.6. The van der Waals surface area contributed by atoms with E-state index in [9.17, 15) is 4.79 Å². The molecule has 0 radical (unpaired) electrons. The first-order chi connectivity index (χ1) is 12.2. The van der Waals surface area contributed by atoms with E-state index >= 15 is 0 Å². The Labute approximate surface area is 150 Å². The van der Waals surface area contributed by atoms with E-state index in [1.54, 1.807) is 4.90 Å². The highest BCUT2D eigenvalue weighted by Gasteiger charge is 2.23. The number of anilines is 1. The summed E-state index contributed by atoms with van der Waals surface area (Å²) >= 11 is 0. The van der Waals surface area contributed by atoms with E-state index in [0.717, 1.165) is 42.9 Å². The molecule has 5 nitrogen and oxygen atoms in total. The number of fused-ring (bicyclic) bond motifs is 1. The second-order valence-corrected chi connectivity index (χ2v) is 6.04. The van der Waals surface area contributed by atoms with Gasteiger partial charge in [-0.2, -0.15) is 0 Å². The number of hydrogen-bond acceptors (Lipinski definition) is 4.